The fourth-order valence-corrected chi connectivity index (χ4v) is 3.11. The van der Waals surface area contributed by atoms with Crippen molar-refractivity contribution in [1.29, 1.82) is 0 Å². The minimum absolute atomic E-state index is 0.150. The molecule has 0 radical (unpaired) electrons. The third-order valence-corrected chi connectivity index (χ3v) is 4.21. The molecule has 0 bridgehead atoms. The molecule has 21 heavy (non-hydrogen) atoms. The molecule has 0 unspecified atom stereocenters. The van der Waals surface area contributed by atoms with E-state index in [0.717, 1.165) is 22.8 Å². The Morgan fingerprint density at radius 2 is 1.76 bits per heavy atom. The van der Waals surface area contributed by atoms with E-state index in [4.69, 9.17) is 15.2 Å². The fourth-order valence-electron chi connectivity index (χ4n) is 2.13. The van der Waals surface area contributed by atoms with Gasteiger partial charge in [0.15, 0.2) is 11.5 Å². The fraction of sp³-hybridized carbons (Fsp3) is 0.294. The van der Waals surface area contributed by atoms with Crippen LogP contribution < -0.4 is 15.2 Å². The molecule has 0 spiro atoms. The van der Waals surface area contributed by atoms with E-state index in [1.165, 1.54) is 10.5 Å². The molecule has 0 heterocycles. The highest BCUT2D eigenvalue weighted by molar-refractivity contribution is 7.99. The van der Waals surface area contributed by atoms with Gasteiger partial charge in [-0.15, -0.1) is 0 Å². The molecule has 3 nitrogen and oxygen atoms in total. The number of nitrogens with two attached hydrogens (primary N) is 1. The molecule has 4 heteroatoms. The van der Waals surface area contributed by atoms with Crippen molar-refractivity contribution in [2.75, 3.05) is 14.2 Å². The Labute approximate surface area is 130 Å². The minimum Gasteiger partial charge on any atom is -0.493 e. The van der Waals surface area contributed by atoms with Crippen LogP contribution in [-0.4, -0.2) is 20.3 Å². The van der Waals surface area contributed by atoms with Gasteiger partial charge in [-0.2, -0.15) is 0 Å². The Morgan fingerprint density at radius 3 is 2.43 bits per heavy atom. The van der Waals surface area contributed by atoms with Crippen molar-refractivity contribution in [3.05, 3.63) is 48.0 Å². The van der Waals surface area contributed by atoms with Crippen molar-refractivity contribution in [2.45, 2.75) is 29.2 Å². The lowest BCUT2D eigenvalue weighted by Crippen LogP contribution is -2.18. The molecule has 2 aromatic carbocycles. The van der Waals surface area contributed by atoms with Gasteiger partial charge in [-0.1, -0.05) is 30.0 Å². The summed E-state index contributed by atoms with van der Waals surface area (Å²) in [7, 11) is 3.29. The Balaban J connectivity index is 2.26. The first-order valence-electron chi connectivity index (χ1n) is 6.87. The predicted octanol–water partition coefficient (Wildman–Crippen LogP) is 3.74. The summed E-state index contributed by atoms with van der Waals surface area (Å²) in [5, 5.41) is 0. The summed E-state index contributed by atoms with van der Waals surface area (Å²) in [6, 6.07) is 14.5. The zero-order valence-corrected chi connectivity index (χ0v) is 13.4. The summed E-state index contributed by atoms with van der Waals surface area (Å²) < 4.78 is 10.6. The standard InChI is InChI=1S/C17H21NO2S/c1-12(18)10-13-6-4-5-7-17(13)21-14-8-9-15(19-2)16(11-14)20-3/h4-9,11-12H,10,18H2,1-3H3/t12-/m1/s1. The highest BCUT2D eigenvalue weighted by Crippen LogP contribution is 2.36. The van der Waals surface area contributed by atoms with Gasteiger partial charge < -0.3 is 15.2 Å². The zero-order chi connectivity index (χ0) is 15.2. The second-order valence-corrected chi connectivity index (χ2v) is 6.02. The van der Waals surface area contributed by atoms with Gasteiger partial charge >= 0.3 is 0 Å². The zero-order valence-electron chi connectivity index (χ0n) is 12.6. The second-order valence-electron chi connectivity index (χ2n) is 4.91. The molecule has 2 aromatic rings. The average molecular weight is 303 g/mol. The molecule has 0 aliphatic carbocycles. The lowest BCUT2D eigenvalue weighted by Gasteiger charge is -2.13. The van der Waals surface area contributed by atoms with Crippen LogP contribution in [0.4, 0.5) is 0 Å². The van der Waals surface area contributed by atoms with Crippen LogP contribution in [0.15, 0.2) is 52.3 Å². The molecular formula is C17H21NO2S. The van der Waals surface area contributed by atoms with Crippen LogP contribution in [0.3, 0.4) is 0 Å². The van der Waals surface area contributed by atoms with E-state index in [1.807, 2.05) is 31.2 Å². The van der Waals surface area contributed by atoms with Gasteiger partial charge in [0, 0.05) is 15.8 Å². The van der Waals surface area contributed by atoms with Crippen molar-refractivity contribution in [3.8, 4) is 11.5 Å². The van der Waals surface area contributed by atoms with E-state index in [2.05, 4.69) is 18.2 Å². The van der Waals surface area contributed by atoms with Crippen LogP contribution in [0.5, 0.6) is 11.5 Å². The van der Waals surface area contributed by atoms with E-state index in [0.29, 0.717) is 0 Å². The number of ether oxygens (including phenoxy) is 2. The molecule has 0 saturated heterocycles. The van der Waals surface area contributed by atoms with Gasteiger partial charge in [0.2, 0.25) is 0 Å². The topological polar surface area (TPSA) is 44.5 Å². The third kappa shape index (κ3) is 4.16. The number of hydrogen-bond donors (Lipinski definition) is 1. The Bertz CT molecular complexity index is 599. The van der Waals surface area contributed by atoms with E-state index in [1.54, 1.807) is 26.0 Å². The van der Waals surface area contributed by atoms with Crippen LogP contribution in [0.2, 0.25) is 0 Å². The maximum atomic E-state index is 5.92. The average Bonchev–Trinajstić information content (AvgIpc) is 2.48. The maximum absolute atomic E-state index is 5.92. The number of benzene rings is 2. The monoisotopic (exact) mass is 303 g/mol. The first-order chi connectivity index (χ1) is 10.1. The largest absolute Gasteiger partial charge is 0.493 e. The normalized spacial score (nSPS) is 12.0. The molecule has 2 N–H and O–H groups in total. The van der Waals surface area contributed by atoms with E-state index in [9.17, 15) is 0 Å². The van der Waals surface area contributed by atoms with E-state index in [-0.39, 0.29) is 6.04 Å². The quantitative estimate of drug-likeness (QED) is 0.883. The molecule has 0 aliphatic rings. The lowest BCUT2D eigenvalue weighted by molar-refractivity contribution is 0.354. The first kappa shape index (κ1) is 15.7. The van der Waals surface area contributed by atoms with Crippen molar-refractivity contribution < 1.29 is 9.47 Å². The van der Waals surface area contributed by atoms with E-state index < -0.39 is 0 Å². The Hall–Kier alpha value is -1.65. The summed E-state index contributed by atoms with van der Waals surface area (Å²) in [4.78, 5) is 2.34. The third-order valence-electron chi connectivity index (χ3n) is 3.10. The SMILES string of the molecule is COc1ccc(Sc2ccccc2C[C@@H](C)N)cc1OC. The molecule has 0 saturated carbocycles. The Kier molecular flexibility index (Phi) is 5.53. The maximum Gasteiger partial charge on any atom is 0.161 e. The second kappa shape index (κ2) is 7.38. The molecule has 0 aromatic heterocycles. The van der Waals surface area contributed by atoms with Crippen molar-refractivity contribution in [2.24, 2.45) is 5.73 Å². The summed E-state index contributed by atoms with van der Waals surface area (Å²) in [6.07, 6.45) is 0.871. The number of methoxy groups -OCH3 is 2. The van der Waals surface area contributed by atoms with Crippen molar-refractivity contribution >= 4 is 11.8 Å². The minimum atomic E-state index is 0.150. The van der Waals surface area contributed by atoms with E-state index >= 15 is 0 Å². The van der Waals surface area contributed by atoms with Crippen LogP contribution in [0.1, 0.15) is 12.5 Å². The highest BCUT2D eigenvalue weighted by atomic mass is 32.2. The van der Waals surface area contributed by atoms with Gasteiger partial charge in [0.1, 0.15) is 0 Å². The van der Waals surface area contributed by atoms with Gasteiger partial charge in [0.05, 0.1) is 14.2 Å². The number of rotatable bonds is 6. The van der Waals surface area contributed by atoms with Crippen LogP contribution >= 0.6 is 11.8 Å². The highest BCUT2D eigenvalue weighted by Gasteiger charge is 2.09. The molecule has 1 atom stereocenters. The van der Waals surface area contributed by atoms with Gasteiger partial charge in [-0.25, -0.2) is 0 Å². The van der Waals surface area contributed by atoms with Crippen LogP contribution in [0.25, 0.3) is 0 Å². The molecule has 0 fully saturated rings. The van der Waals surface area contributed by atoms with Crippen LogP contribution in [-0.2, 0) is 6.42 Å². The molecule has 2 rings (SSSR count). The predicted molar refractivity (Wildman–Crippen MR) is 87.5 cm³/mol. The van der Waals surface area contributed by atoms with Gasteiger partial charge in [0.25, 0.3) is 0 Å². The van der Waals surface area contributed by atoms with Gasteiger partial charge in [-0.3, -0.25) is 0 Å². The van der Waals surface area contributed by atoms with Crippen molar-refractivity contribution in [1.82, 2.24) is 0 Å². The number of hydrogen-bond acceptors (Lipinski definition) is 4. The molecular weight excluding hydrogens is 282 g/mol. The lowest BCUT2D eigenvalue weighted by atomic mass is 10.1. The van der Waals surface area contributed by atoms with Crippen LogP contribution in [0, 0.1) is 0 Å². The van der Waals surface area contributed by atoms with Gasteiger partial charge in [-0.05, 0) is 43.2 Å². The smallest absolute Gasteiger partial charge is 0.161 e. The molecule has 0 amide bonds. The first-order valence-corrected chi connectivity index (χ1v) is 7.69. The molecule has 0 aliphatic heterocycles. The summed E-state index contributed by atoms with van der Waals surface area (Å²) in [5.41, 5.74) is 7.20. The Morgan fingerprint density at radius 1 is 1.05 bits per heavy atom. The summed E-state index contributed by atoms with van der Waals surface area (Å²) in [6.45, 7) is 2.03. The van der Waals surface area contributed by atoms with Crippen molar-refractivity contribution in [3.63, 3.8) is 0 Å². The summed E-state index contributed by atoms with van der Waals surface area (Å²) >= 11 is 1.71. The summed E-state index contributed by atoms with van der Waals surface area (Å²) in [5.74, 6) is 1.48. The molecule has 112 valence electrons.